The van der Waals surface area contributed by atoms with Crippen LogP contribution in [0.25, 0.3) is 6.08 Å². The first-order chi connectivity index (χ1) is 15.8. The van der Waals surface area contributed by atoms with E-state index in [0.717, 1.165) is 11.6 Å². The van der Waals surface area contributed by atoms with Gasteiger partial charge in [-0.15, -0.1) is 0 Å². The fourth-order valence-electron chi connectivity index (χ4n) is 2.79. The van der Waals surface area contributed by atoms with Crippen molar-refractivity contribution in [1.82, 2.24) is 0 Å². The number of ether oxygens (including phenoxy) is 1. The van der Waals surface area contributed by atoms with Crippen LogP contribution in [0.2, 0.25) is 15.1 Å². The lowest BCUT2D eigenvalue weighted by atomic mass is 10.1. The van der Waals surface area contributed by atoms with Gasteiger partial charge in [0.1, 0.15) is 24.0 Å². The summed E-state index contributed by atoms with van der Waals surface area (Å²) in [5, 5.41) is 23.5. The second-order valence-corrected chi connectivity index (χ2v) is 7.88. The second kappa shape index (κ2) is 10.8. The SMILES string of the molecule is N#C/C(=C\c1cc(Cl)cc(Cl)c1OCc1ccccc1)C(=O)Nc1cc([N+](=O)[O-])ccc1Cl. The zero-order valence-electron chi connectivity index (χ0n) is 16.7. The van der Waals surface area contributed by atoms with Gasteiger partial charge in [0.05, 0.1) is 20.7 Å². The molecule has 3 aromatic rings. The number of carbonyl (C=O) groups is 1. The largest absolute Gasteiger partial charge is 0.487 e. The molecule has 3 aromatic carbocycles. The number of benzene rings is 3. The van der Waals surface area contributed by atoms with Crippen LogP contribution in [0.4, 0.5) is 11.4 Å². The van der Waals surface area contributed by atoms with E-state index >= 15 is 0 Å². The van der Waals surface area contributed by atoms with Gasteiger partial charge >= 0.3 is 0 Å². The van der Waals surface area contributed by atoms with Crippen LogP contribution in [-0.2, 0) is 11.4 Å². The highest BCUT2D eigenvalue weighted by Gasteiger charge is 2.17. The van der Waals surface area contributed by atoms with Crippen LogP contribution in [0.3, 0.4) is 0 Å². The molecule has 0 aliphatic carbocycles. The molecule has 0 saturated heterocycles. The lowest BCUT2D eigenvalue weighted by molar-refractivity contribution is -0.384. The van der Waals surface area contributed by atoms with Gasteiger partial charge < -0.3 is 10.1 Å². The molecule has 1 amide bonds. The van der Waals surface area contributed by atoms with Crippen molar-refractivity contribution in [3.8, 4) is 11.8 Å². The maximum absolute atomic E-state index is 12.7. The number of nitrogens with one attached hydrogen (secondary N) is 1. The van der Waals surface area contributed by atoms with Gasteiger partial charge in [0.25, 0.3) is 11.6 Å². The van der Waals surface area contributed by atoms with Crippen molar-refractivity contribution < 1.29 is 14.5 Å². The third-order valence-corrected chi connectivity index (χ3v) is 5.17. The average Bonchev–Trinajstić information content (AvgIpc) is 2.78. The summed E-state index contributed by atoms with van der Waals surface area (Å²) in [6, 6.07) is 17.7. The van der Waals surface area contributed by atoms with Crippen LogP contribution in [-0.4, -0.2) is 10.8 Å². The molecule has 0 aliphatic heterocycles. The van der Waals surface area contributed by atoms with E-state index in [0.29, 0.717) is 5.56 Å². The van der Waals surface area contributed by atoms with Crippen LogP contribution in [0.5, 0.6) is 5.75 Å². The molecule has 0 radical (unpaired) electrons. The van der Waals surface area contributed by atoms with E-state index in [9.17, 15) is 20.2 Å². The number of nitro benzene ring substituents is 1. The zero-order chi connectivity index (χ0) is 24.0. The highest BCUT2D eigenvalue weighted by molar-refractivity contribution is 6.36. The number of nitriles is 1. The van der Waals surface area contributed by atoms with Crippen LogP contribution < -0.4 is 10.1 Å². The van der Waals surface area contributed by atoms with Gasteiger partial charge in [0.2, 0.25) is 0 Å². The summed E-state index contributed by atoms with van der Waals surface area (Å²) in [6.07, 6.45) is 1.26. The quantitative estimate of drug-likeness (QED) is 0.168. The molecule has 10 heteroatoms. The van der Waals surface area contributed by atoms with Crippen LogP contribution in [0.15, 0.2) is 66.2 Å². The van der Waals surface area contributed by atoms with Crippen molar-refractivity contribution in [2.75, 3.05) is 5.32 Å². The van der Waals surface area contributed by atoms with Gasteiger partial charge in [-0.1, -0.05) is 65.1 Å². The molecule has 7 nitrogen and oxygen atoms in total. The summed E-state index contributed by atoms with van der Waals surface area (Å²) in [5.74, 6) is -0.594. The third-order valence-electron chi connectivity index (χ3n) is 4.34. The summed E-state index contributed by atoms with van der Waals surface area (Å²) < 4.78 is 5.84. The fraction of sp³-hybridized carbons (Fsp3) is 0.0435. The van der Waals surface area contributed by atoms with E-state index in [2.05, 4.69) is 5.32 Å². The highest BCUT2D eigenvalue weighted by atomic mass is 35.5. The van der Waals surface area contributed by atoms with E-state index in [-0.39, 0.29) is 44.4 Å². The minimum atomic E-state index is -0.829. The summed E-state index contributed by atoms with van der Waals surface area (Å²) in [5.41, 5.74) is 0.592. The van der Waals surface area contributed by atoms with Crippen molar-refractivity contribution in [1.29, 1.82) is 5.26 Å². The molecule has 33 heavy (non-hydrogen) atoms. The Bertz CT molecular complexity index is 1290. The summed E-state index contributed by atoms with van der Waals surface area (Å²) in [7, 11) is 0. The van der Waals surface area contributed by atoms with Crippen LogP contribution in [0, 0.1) is 21.4 Å². The molecule has 0 aromatic heterocycles. The number of amides is 1. The van der Waals surface area contributed by atoms with Crippen molar-refractivity contribution in [3.63, 3.8) is 0 Å². The minimum absolute atomic E-state index is 0.0123. The van der Waals surface area contributed by atoms with Gasteiger partial charge in [-0.3, -0.25) is 14.9 Å². The number of non-ortho nitro benzene ring substituents is 1. The predicted octanol–water partition coefficient (Wildman–Crippen LogP) is 6.68. The Balaban J connectivity index is 1.91. The standard InChI is InChI=1S/C23H14Cl3N3O4/c24-17-9-15(22(20(26)10-17)33-13-14-4-2-1-3-5-14)8-16(12-27)23(30)28-21-11-18(29(31)32)6-7-19(21)25/h1-11H,13H2,(H,28,30)/b16-8+. The maximum atomic E-state index is 12.7. The molecule has 3 rings (SSSR count). The van der Waals surface area contributed by atoms with Gasteiger partial charge in [-0.2, -0.15) is 5.26 Å². The van der Waals surface area contributed by atoms with Gasteiger partial charge in [0.15, 0.2) is 0 Å². The van der Waals surface area contributed by atoms with E-state index in [1.165, 1.54) is 30.3 Å². The second-order valence-electron chi connectivity index (χ2n) is 6.63. The summed E-state index contributed by atoms with van der Waals surface area (Å²) in [4.78, 5) is 23.1. The number of rotatable bonds is 7. The first kappa shape index (κ1) is 24.1. The molecule has 0 fully saturated rings. The number of anilines is 1. The van der Waals surface area contributed by atoms with Gasteiger partial charge in [-0.25, -0.2) is 0 Å². The summed E-state index contributed by atoms with van der Waals surface area (Å²) >= 11 is 18.4. The Morgan fingerprint density at radius 3 is 2.48 bits per heavy atom. The van der Waals surface area contributed by atoms with Crippen molar-refractivity contribution in [3.05, 3.63) is 103 Å². The monoisotopic (exact) mass is 501 g/mol. The van der Waals surface area contributed by atoms with Crippen molar-refractivity contribution in [2.24, 2.45) is 0 Å². The Hall–Kier alpha value is -3.57. The van der Waals surface area contributed by atoms with Gasteiger partial charge in [-0.05, 0) is 29.8 Å². The van der Waals surface area contributed by atoms with E-state index in [1.807, 2.05) is 30.3 Å². The number of hydrogen-bond acceptors (Lipinski definition) is 5. The molecule has 166 valence electrons. The highest BCUT2D eigenvalue weighted by Crippen LogP contribution is 2.35. The topological polar surface area (TPSA) is 105 Å². The van der Waals surface area contributed by atoms with E-state index in [4.69, 9.17) is 39.5 Å². The van der Waals surface area contributed by atoms with E-state index in [1.54, 1.807) is 6.07 Å². The first-order valence-electron chi connectivity index (χ1n) is 9.31. The summed E-state index contributed by atoms with van der Waals surface area (Å²) in [6.45, 7) is 0.195. The van der Waals surface area contributed by atoms with E-state index < -0.39 is 10.8 Å². The predicted molar refractivity (Wildman–Crippen MR) is 128 cm³/mol. The first-order valence-corrected chi connectivity index (χ1v) is 10.4. The molecule has 0 heterocycles. The molecular formula is C23H14Cl3N3O4. The zero-order valence-corrected chi connectivity index (χ0v) is 19.0. The number of nitrogens with zero attached hydrogens (tertiary/aromatic N) is 2. The number of hydrogen-bond donors (Lipinski definition) is 1. The molecule has 0 bridgehead atoms. The smallest absolute Gasteiger partial charge is 0.271 e. The fourth-order valence-corrected chi connectivity index (χ4v) is 3.51. The molecule has 0 atom stereocenters. The number of nitro groups is 1. The lowest BCUT2D eigenvalue weighted by Gasteiger charge is -2.13. The molecule has 0 saturated carbocycles. The molecule has 0 spiro atoms. The van der Waals surface area contributed by atoms with Crippen LogP contribution >= 0.6 is 34.8 Å². The number of halogens is 3. The molecule has 0 aliphatic rings. The van der Waals surface area contributed by atoms with Crippen molar-refractivity contribution in [2.45, 2.75) is 6.61 Å². The number of carbonyl (C=O) groups excluding carboxylic acids is 1. The molecular weight excluding hydrogens is 489 g/mol. The Kier molecular flexibility index (Phi) is 7.91. The van der Waals surface area contributed by atoms with Crippen molar-refractivity contribution >= 4 is 58.2 Å². The minimum Gasteiger partial charge on any atom is -0.487 e. The average molecular weight is 503 g/mol. The normalized spacial score (nSPS) is 10.9. The van der Waals surface area contributed by atoms with Crippen LogP contribution in [0.1, 0.15) is 11.1 Å². The Labute approximate surface area is 203 Å². The van der Waals surface area contributed by atoms with Gasteiger partial charge in [0, 0.05) is 22.7 Å². The Morgan fingerprint density at radius 1 is 1.09 bits per heavy atom. The molecule has 0 unspecified atom stereocenters. The maximum Gasteiger partial charge on any atom is 0.271 e. The molecule has 1 N–H and O–H groups in total. The lowest BCUT2D eigenvalue weighted by Crippen LogP contribution is -2.14. The third kappa shape index (κ3) is 6.24. The Morgan fingerprint density at radius 2 is 1.82 bits per heavy atom.